The summed E-state index contributed by atoms with van der Waals surface area (Å²) in [5, 5.41) is 0. The molecule has 2 aliphatic heterocycles. The van der Waals surface area contributed by atoms with Crippen LogP contribution in [0, 0.1) is 0 Å². The predicted octanol–water partition coefficient (Wildman–Crippen LogP) is 0.703. The second kappa shape index (κ2) is 3.66. The Morgan fingerprint density at radius 2 is 2.23 bits per heavy atom. The highest BCUT2D eigenvalue weighted by Gasteiger charge is 2.36. The van der Waals surface area contributed by atoms with Gasteiger partial charge in [-0.2, -0.15) is 0 Å². The highest BCUT2D eigenvalue weighted by atomic mass is 16.2. The van der Waals surface area contributed by atoms with E-state index >= 15 is 0 Å². The Hall–Kier alpha value is -0.570. The average Bonchev–Trinajstić information content (AvgIpc) is 2.58. The summed E-state index contributed by atoms with van der Waals surface area (Å²) < 4.78 is 0. The van der Waals surface area contributed by atoms with Gasteiger partial charge in [0.15, 0.2) is 0 Å². The number of hydrogen-bond donors (Lipinski definition) is 0. The Morgan fingerprint density at radius 3 is 3.00 bits per heavy atom. The molecular formula is C10H18N2O. The molecule has 3 nitrogen and oxygen atoms in total. The number of piperazine rings is 1. The molecule has 2 saturated heterocycles. The number of hydrogen-bond acceptors (Lipinski definition) is 2. The summed E-state index contributed by atoms with van der Waals surface area (Å²) in [4.78, 5) is 16.3. The maximum absolute atomic E-state index is 11.9. The zero-order chi connectivity index (χ0) is 9.26. The number of carbonyl (C=O) groups is 1. The molecule has 0 radical (unpaired) electrons. The fourth-order valence-electron chi connectivity index (χ4n) is 2.44. The van der Waals surface area contributed by atoms with Gasteiger partial charge in [0.2, 0.25) is 5.91 Å². The molecule has 2 heterocycles. The minimum absolute atomic E-state index is 0.236. The fraction of sp³-hybridized carbons (Fsp3) is 0.900. The van der Waals surface area contributed by atoms with Crippen molar-refractivity contribution >= 4 is 5.91 Å². The van der Waals surface area contributed by atoms with Gasteiger partial charge in [-0.05, 0) is 25.8 Å². The van der Waals surface area contributed by atoms with Crippen molar-refractivity contribution in [2.45, 2.75) is 32.2 Å². The number of nitrogens with zero attached hydrogens (tertiary/aromatic N) is 2. The van der Waals surface area contributed by atoms with E-state index in [0.717, 1.165) is 39.0 Å². The second-order valence-corrected chi connectivity index (χ2v) is 4.02. The van der Waals surface area contributed by atoms with Crippen LogP contribution >= 0.6 is 0 Å². The minimum atomic E-state index is 0.236. The van der Waals surface area contributed by atoms with E-state index in [0.29, 0.717) is 5.91 Å². The smallest absolute Gasteiger partial charge is 0.239 e. The molecule has 2 rings (SSSR count). The molecule has 1 atom stereocenters. The van der Waals surface area contributed by atoms with Crippen molar-refractivity contribution in [3.63, 3.8) is 0 Å². The molecule has 2 aliphatic rings. The maximum atomic E-state index is 11.9. The molecule has 0 N–H and O–H groups in total. The first-order valence-electron chi connectivity index (χ1n) is 5.35. The third-order valence-electron chi connectivity index (χ3n) is 3.11. The molecule has 0 spiro atoms. The normalized spacial score (nSPS) is 29.5. The zero-order valence-electron chi connectivity index (χ0n) is 8.33. The third kappa shape index (κ3) is 1.57. The highest BCUT2D eigenvalue weighted by Crippen LogP contribution is 2.22. The Labute approximate surface area is 79.7 Å². The van der Waals surface area contributed by atoms with E-state index in [2.05, 4.69) is 11.8 Å². The van der Waals surface area contributed by atoms with Crippen LogP contribution in [-0.2, 0) is 4.79 Å². The lowest BCUT2D eigenvalue weighted by molar-refractivity contribution is -0.140. The van der Waals surface area contributed by atoms with E-state index in [9.17, 15) is 4.79 Å². The standard InChI is InChI=1S/C10H18N2O/c1-2-5-12-8-7-11-6-3-4-9(11)10(12)13/h9H,2-8H2,1H3. The van der Waals surface area contributed by atoms with Crippen LogP contribution in [0.1, 0.15) is 26.2 Å². The van der Waals surface area contributed by atoms with Crippen LogP contribution in [0.4, 0.5) is 0 Å². The van der Waals surface area contributed by atoms with Gasteiger partial charge in [0, 0.05) is 19.6 Å². The van der Waals surface area contributed by atoms with Gasteiger partial charge >= 0.3 is 0 Å². The van der Waals surface area contributed by atoms with Crippen LogP contribution in [0.15, 0.2) is 0 Å². The summed E-state index contributed by atoms with van der Waals surface area (Å²) in [6.07, 6.45) is 3.37. The summed E-state index contributed by atoms with van der Waals surface area (Å²) in [7, 11) is 0. The zero-order valence-corrected chi connectivity index (χ0v) is 8.33. The minimum Gasteiger partial charge on any atom is -0.340 e. The first-order chi connectivity index (χ1) is 6.33. The number of rotatable bonds is 2. The van der Waals surface area contributed by atoms with Crippen LogP contribution in [0.5, 0.6) is 0 Å². The molecule has 0 aromatic carbocycles. The molecule has 0 bridgehead atoms. The summed E-state index contributed by atoms with van der Waals surface area (Å²) in [6.45, 7) is 6.26. The fourth-order valence-corrected chi connectivity index (χ4v) is 2.44. The van der Waals surface area contributed by atoms with Gasteiger partial charge in [-0.15, -0.1) is 0 Å². The molecule has 0 aromatic rings. The van der Waals surface area contributed by atoms with E-state index in [1.165, 1.54) is 6.42 Å². The predicted molar refractivity (Wildman–Crippen MR) is 51.5 cm³/mol. The lowest BCUT2D eigenvalue weighted by atomic mass is 10.1. The van der Waals surface area contributed by atoms with Crippen molar-refractivity contribution in [1.82, 2.24) is 9.80 Å². The quantitative estimate of drug-likeness (QED) is 0.627. The first-order valence-corrected chi connectivity index (χ1v) is 5.35. The average molecular weight is 182 g/mol. The van der Waals surface area contributed by atoms with Gasteiger partial charge < -0.3 is 4.90 Å². The molecule has 0 saturated carbocycles. The molecule has 74 valence electrons. The molecule has 13 heavy (non-hydrogen) atoms. The van der Waals surface area contributed by atoms with Crippen molar-refractivity contribution in [3.8, 4) is 0 Å². The van der Waals surface area contributed by atoms with E-state index in [1.807, 2.05) is 4.90 Å². The summed E-state index contributed by atoms with van der Waals surface area (Å²) in [6, 6.07) is 0.236. The number of amides is 1. The van der Waals surface area contributed by atoms with Gasteiger partial charge in [0.25, 0.3) is 0 Å². The Bertz CT molecular complexity index is 205. The molecule has 0 aromatic heterocycles. The van der Waals surface area contributed by atoms with E-state index < -0.39 is 0 Å². The molecule has 3 heteroatoms. The number of carbonyl (C=O) groups excluding carboxylic acids is 1. The third-order valence-corrected chi connectivity index (χ3v) is 3.11. The van der Waals surface area contributed by atoms with Crippen molar-refractivity contribution < 1.29 is 4.79 Å². The first kappa shape index (κ1) is 9.00. The van der Waals surface area contributed by atoms with E-state index in [-0.39, 0.29) is 6.04 Å². The maximum Gasteiger partial charge on any atom is 0.239 e. The van der Waals surface area contributed by atoms with Crippen molar-refractivity contribution in [2.75, 3.05) is 26.2 Å². The van der Waals surface area contributed by atoms with Crippen LogP contribution in [0.2, 0.25) is 0 Å². The van der Waals surface area contributed by atoms with Gasteiger partial charge in [0.05, 0.1) is 6.04 Å². The van der Waals surface area contributed by atoms with Crippen molar-refractivity contribution in [3.05, 3.63) is 0 Å². The van der Waals surface area contributed by atoms with Gasteiger partial charge in [0.1, 0.15) is 0 Å². The van der Waals surface area contributed by atoms with Gasteiger partial charge in [-0.3, -0.25) is 9.69 Å². The molecular weight excluding hydrogens is 164 g/mol. The lowest BCUT2D eigenvalue weighted by Crippen LogP contribution is -2.54. The van der Waals surface area contributed by atoms with Crippen LogP contribution in [0.25, 0.3) is 0 Å². The van der Waals surface area contributed by atoms with E-state index in [1.54, 1.807) is 0 Å². The largest absolute Gasteiger partial charge is 0.340 e. The van der Waals surface area contributed by atoms with Crippen LogP contribution in [0.3, 0.4) is 0 Å². The summed E-state index contributed by atoms with van der Waals surface area (Å²) >= 11 is 0. The Morgan fingerprint density at radius 1 is 1.38 bits per heavy atom. The molecule has 1 unspecified atom stereocenters. The monoisotopic (exact) mass is 182 g/mol. The number of fused-ring (bicyclic) bond motifs is 1. The Balaban J connectivity index is 2.00. The molecule has 0 aliphatic carbocycles. The van der Waals surface area contributed by atoms with Gasteiger partial charge in [-0.25, -0.2) is 0 Å². The highest BCUT2D eigenvalue weighted by molar-refractivity contribution is 5.83. The van der Waals surface area contributed by atoms with Crippen molar-refractivity contribution in [1.29, 1.82) is 0 Å². The topological polar surface area (TPSA) is 23.6 Å². The SMILES string of the molecule is CCCN1CCN2CCCC2C1=O. The summed E-state index contributed by atoms with van der Waals surface area (Å²) in [5.74, 6) is 0.380. The second-order valence-electron chi connectivity index (χ2n) is 4.02. The Kier molecular flexibility index (Phi) is 2.54. The molecule has 1 amide bonds. The van der Waals surface area contributed by atoms with Crippen LogP contribution in [-0.4, -0.2) is 47.9 Å². The van der Waals surface area contributed by atoms with Crippen LogP contribution < -0.4 is 0 Å². The summed E-state index contributed by atoms with van der Waals surface area (Å²) in [5.41, 5.74) is 0. The van der Waals surface area contributed by atoms with E-state index in [4.69, 9.17) is 0 Å². The lowest BCUT2D eigenvalue weighted by Gasteiger charge is -2.36. The van der Waals surface area contributed by atoms with Gasteiger partial charge in [-0.1, -0.05) is 6.92 Å². The molecule has 2 fully saturated rings. The van der Waals surface area contributed by atoms with Crippen molar-refractivity contribution in [2.24, 2.45) is 0 Å².